The summed E-state index contributed by atoms with van der Waals surface area (Å²) in [7, 11) is 0. The summed E-state index contributed by atoms with van der Waals surface area (Å²) in [4.78, 5) is 10.6. The Kier molecular flexibility index (Phi) is 4.92. The zero-order valence-corrected chi connectivity index (χ0v) is 11.9. The van der Waals surface area contributed by atoms with Crippen molar-refractivity contribution < 1.29 is 9.66 Å². The van der Waals surface area contributed by atoms with Crippen molar-refractivity contribution in [2.24, 2.45) is 0 Å². The SMILES string of the molecule is Cc1c(NC(C)CC2COCCN2)cccc1[N+](=O)[O-]. The normalized spacial score (nSPS) is 20.4. The molecule has 1 aromatic rings. The molecule has 1 fully saturated rings. The Morgan fingerprint density at radius 3 is 3.05 bits per heavy atom. The van der Waals surface area contributed by atoms with E-state index in [-0.39, 0.29) is 16.7 Å². The van der Waals surface area contributed by atoms with Gasteiger partial charge >= 0.3 is 0 Å². The number of ether oxygens (including phenoxy) is 1. The van der Waals surface area contributed by atoms with Crippen LogP contribution >= 0.6 is 0 Å². The van der Waals surface area contributed by atoms with E-state index in [9.17, 15) is 10.1 Å². The maximum Gasteiger partial charge on any atom is 0.274 e. The van der Waals surface area contributed by atoms with E-state index in [2.05, 4.69) is 17.6 Å². The minimum Gasteiger partial charge on any atom is -0.382 e. The van der Waals surface area contributed by atoms with E-state index in [4.69, 9.17) is 4.74 Å². The Hall–Kier alpha value is -1.66. The number of benzene rings is 1. The van der Waals surface area contributed by atoms with Crippen molar-refractivity contribution in [2.45, 2.75) is 32.4 Å². The molecule has 0 radical (unpaired) electrons. The molecule has 2 unspecified atom stereocenters. The molecule has 1 aromatic carbocycles. The van der Waals surface area contributed by atoms with E-state index in [1.165, 1.54) is 6.07 Å². The summed E-state index contributed by atoms with van der Waals surface area (Å²) in [6.07, 6.45) is 0.919. The zero-order chi connectivity index (χ0) is 14.5. The summed E-state index contributed by atoms with van der Waals surface area (Å²) < 4.78 is 5.43. The molecule has 0 spiro atoms. The summed E-state index contributed by atoms with van der Waals surface area (Å²) in [5.41, 5.74) is 1.65. The van der Waals surface area contributed by atoms with Crippen LogP contribution in [0.25, 0.3) is 0 Å². The van der Waals surface area contributed by atoms with Crippen LogP contribution in [0.15, 0.2) is 18.2 Å². The van der Waals surface area contributed by atoms with E-state index in [1.54, 1.807) is 13.0 Å². The smallest absolute Gasteiger partial charge is 0.274 e. The lowest BCUT2D eigenvalue weighted by Crippen LogP contribution is -2.43. The first kappa shape index (κ1) is 14.7. The number of hydrogen-bond donors (Lipinski definition) is 2. The maximum absolute atomic E-state index is 10.9. The van der Waals surface area contributed by atoms with Crippen LogP contribution in [0.2, 0.25) is 0 Å². The van der Waals surface area contributed by atoms with E-state index in [0.29, 0.717) is 11.6 Å². The quantitative estimate of drug-likeness (QED) is 0.637. The Labute approximate surface area is 118 Å². The Morgan fingerprint density at radius 1 is 1.60 bits per heavy atom. The molecule has 20 heavy (non-hydrogen) atoms. The predicted octanol–water partition coefficient (Wildman–Crippen LogP) is 2.08. The molecule has 6 heteroatoms. The second-order valence-electron chi connectivity index (χ2n) is 5.21. The Balaban J connectivity index is 1.98. The summed E-state index contributed by atoms with van der Waals surface area (Å²) in [5.74, 6) is 0. The molecule has 0 amide bonds. The van der Waals surface area contributed by atoms with E-state index < -0.39 is 0 Å². The number of nitro benzene ring substituents is 1. The maximum atomic E-state index is 10.9. The van der Waals surface area contributed by atoms with Crippen molar-refractivity contribution in [1.82, 2.24) is 5.32 Å². The fourth-order valence-electron chi connectivity index (χ4n) is 2.50. The third kappa shape index (κ3) is 3.68. The van der Waals surface area contributed by atoms with Gasteiger partial charge in [-0.25, -0.2) is 0 Å². The van der Waals surface area contributed by atoms with E-state index >= 15 is 0 Å². The summed E-state index contributed by atoms with van der Waals surface area (Å²) in [5, 5.41) is 17.7. The second-order valence-corrected chi connectivity index (χ2v) is 5.21. The van der Waals surface area contributed by atoms with Crippen LogP contribution in [0.3, 0.4) is 0 Å². The molecule has 1 heterocycles. The Bertz CT molecular complexity index is 473. The zero-order valence-electron chi connectivity index (χ0n) is 11.9. The van der Waals surface area contributed by atoms with Crippen molar-refractivity contribution in [2.75, 3.05) is 25.1 Å². The van der Waals surface area contributed by atoms with Crippen molar-refractivity contribution in [3.63, 3.8) is 0 Å². The number of hydrogen-bond acceptors (Lipinski definition) is 5. The minimum atomic E-state index is -0.346. The molecule has 2 rings (SSSR count). The van der Waals surface area contributed by atoms with Crippen LogP contribution in [0, 0.1) is 17.0 Å². The fourth-order valence-corrected chi connectivity index (χ4v) is 2.50. The number of nitro groups is 1. The van der Waals surface area contributed by atoms with Gasteiger partial charge in [-0.2, -0.15) is 0 Å². The van der Waals surface area contributed by atoms with Gasteiger partial charge in [0.1, 0.15) is 0 Å². The highest BCUT2D eigenvalue weighted by atomic mass is 16.6. The van der Waals surface area contributed by atoms with Gasteiger partial charge in [0.25, 0.3) is 5.69 Å². The van der Waals surface area contributed by atoms with Gasteiger partial charge < -0.3 is 15.4 Å². The molecule has 2 N–H and O–H groups in total. The molecule has 0 aliphatic carbocycles. The molecule has 1 saturated heterocycles. The summed E-state index contributed by atoms with van der Waals surface area (Å²) in [6, 6.07) is 5.67. The average Bonchev–Trinajstić information content (AvgIpc) is 2.42. The number of morpholine rings is 1. The molecule has 0 bridgehead atoms. The van der Waals surface area contributed by atoms with Crippen LogP contribution in [0.4, 0.5) is 11.4 Å². The molecule has 1 aliphatic heterocycles. The highest BCUT2D eigenvalue weighted by molar-refractivity contribution is 5.60. The van der Waals surface area contributed by atoms with Gasteiger partial charge in [0.05, 0.1) is 18.1 Å². The molecule has 0 saturated carbocycles. The first-order valence-electron chi connectivity index (χ1n) is 6.89. The average molecular weight is 279 g/mol. The first-order valence-corrected chi connectivity index (χ1v) is 6.89. The monoisotopic (exact) mass is 279 g/mol. The van der Waals surface area contributed by atoms with Crippen LogP contribution < -0.4 is 10.6 Å². The van der Waals surface area contributed by atoms with Crippen LogP contribution in [0.1, 0.15) is 18.9 Å². The third-order valence-corrected chi connectivity index (χ3v) is 3.54. The fraction of sp³-hybridized carbons (Fsp3) is 0.571. The first-order chi connectivity index (χ1) is 9.58. The molecule has 110 valence electrons. The van der Waals surface area contributed by atoms with Crippen molar-refractivity contribution in [1.29, 1.82) is 0 Å². The van der Waals surface area contributed by atoms with Gasteiger partial charge in [-0.05, 0) is 26.3 Å². The predicted molar refractivity (Wildman–Crippen MR) is 78.1 cm³/mol. The number of nitrogens with zero attached hydrogens (tertiary/aromatic N) is 1. The van der Waals surface area contributed by atoms with Crippen LogP contribution in [-0.2, 0) is 4.74 Å². The minimum absolute atomic E-state index is 0.154. The lowest BCUT2D eigenvalue weighted by atomic mass is 10.1. The second kappa shape index (κ2) is 6.67. The molecular formula is C14H21N3O3. The standard InChI is InChI=1S/C14H21N3O3/c1-10(8-12-9-20-7-6-15-12)16-13-4-3-5-14(11(13)2)17(18)19/h3-5,10,12,15-16H,6-9H2,1-2H3. The summed E-state index contributed by atoms with van der Waals surface area (Å²) in [6.45, 7) is 6.22. The van der Waals surface area contributed by atoms with E-state index in [0.717, 1.165) is 31.9 Å². The van der Waals surface area contributed by atoms with Crippen molar-refractivity contribution in [3.8, 4) is 0 Å². The Morgan fingerprint density at radius 2 is 2.40 bits per heavy atom. The number of anilines is 1. The van der Waals surface area contributed by atoms with Crippen LogP contribution in [-0.4, -0.2) is 36.8 Å². The third-order valence-electron chi connectivity index (χ3n) is 3.54. The van der Waals surface area contributed by atoms with Gasteiger partial charge in [0.2, 0.25) is 0 Å². The highest BCUT2D eigenvalue weighted by Crippen LogP contribution is 2.26. The molecule has 0 aromatic heterocycles. The van der Waals surface area contributed by atoms with Gasteiger partial charge in [-0.15, -0.1) is 0 Å². The largest absolute Gasteiger partial charge is 0.382 e. The van der Waals surface area contributed by atoms with Gasteiger partial charge in [-0.3, -0.25) is 10.1 Å². The topological polar surface area (TPSA) is 76.4 Å². The van der Waals surface area contributed by atoms with Gasteiger partial charge in [-0.1, -0.05) is 6.07 Å². The van der Waals surface area contributed by atoms with Crippen LogP contribution in [0.5, 0.6) is 0 Å². The molecular weight excluding hydrogens is 258 g/mol. The number of nitrogens with one attached hydrogen (secondary N) is 2. The van der Waals surface area contributed by atoms with Gasteiger partial charge in [0, 0.05) is 35.9 Å². The highest BCUT2D eigenvalue weighted by Gasteiger charge is 2.18. The van der Waals surface area contributed by atoms with Crippen molar-refractivity contribution in [3.05, 3.63) is 33.9 Å². The molecule has 1 aliphatic rings. The lowest BCUT2D eigenvalue weighted by Gasteiger charge is -2.27. The van der Waals surface area contributed by atoms with E-state index in [1.807, 2.05) is 6.07 Å². The van der Waals surface area contributed by atoms with Crippen molar-refractivity contribution >= 4 is 11.4 Å². The lowest BCUT2D eigenvalue weighted by molar-refractivity contribution is -0.385. The summed E-state index contributed by atoms with van der Waals surface area (Å²) >= 11 is 0. The molecule has 2 atom stereocenters. The number of rotatable bonds is 5. The van der Waals surface area contributed by atoms with Gasteiger partial charge in [0.15, 0.2) is 0 Å². The molecule has 6 nitrogen and oxygen atoms in total.